The Bertz CT molecular complexity index is 805. The number of amides is 1. The number of carbonyl (C=O) groups is 1. The zero-order valence-electron chi connectivity index (χ0n) is 14.3. The largest absolute Gasteiger partial charge is 0.496 e. The van der Waals surface area contributed by atoms with Crippen LogP contribution in [-0.2, 0) is 6.54 Å². The minimum atomic E-state index is -0.0616. The molecular weight excluding hydrogens is 395 g/mol. The maximum atomic E-state index is 12.8. The van der Waals surface area contributed by atoms with Crippen molar-refractivity contribution in [2.24, 2.45) is 0 Å². The lowest BCUT2D eigenvalue weighted by molar-refractivity contribution is 0.0625. The van der Waals surface area contributed by atoms with Crippen LogP contribution < -0.4 is 4.74 Å². The summed E-state index contributed by atoms with van der Waals surface area (Å²) in [4.78, 5) is 16.9. The molecule has 2 aromatic rings. The first-order chi connectivity index (χ1) is 12.5. The standard InChI is InChI=1S/C19H19Cl3N2O2/c1-26-18-5-4-14(20)10-16(18)19(25)24-8-6-23(7-9-24)12-13-2-3-15(21)11-17(13)22/h2-5,10-11H,6-9,12H2,1H3. The third-order valence-corrected chi connectivity index (χ3v) is 5.28. The van der Waals surface area contributed by atoms with Gasteiger partial charge in [-0.25, -0.2) is 0 Å². The molecule has 0 radical (unpaired) electrons. The second-order valence-electron chi connectivity index (χ2n) is 6.15. The molecule has 0 atom stereocenters. The van der Waals surface area contributed by atoms with Crippen LogP contribution in [0.5, 0.6) is 5.75 Å². The van der Waals surface area contributed by atoms with Crippen LogP contribution in [0.1, 0.15) is 15.9 Å². The molecule has 1 saturated heterocycles. The minimum Gasteiger partial charge on any atom is -0.496 e. The third-order valence-electron chi connectivity index (χ3n) is 4.46. The van der Waals surface area contributed by atoms with Crippen molar-refractivity contribution in [3.8, 4) is 5.75 Å². The molecule has 0 bridgehead atoms. The number of nitrogens with zero attached hydrogens (tertiary/aromatic N) is 2. The summed E-state index contributed by atoms with van der Waals surface area (Å²) in [5.41, 5.74) is 1.53. The number of halogens is 3. The van der Waals surface area contributed by atoms with E-state index in [0.29, 0.717) is 39.5 Å². The Balaban J connectivity index is 1.63. The average Bonchev–Trinajstić information content (AvgIpc) is 2.64. The average molecular weight is 414 g/mol. The maximum Gasteiger partial charge on any atom is 0.257 e. The third kappa shape index (κ3) is 4.44. The predicted molar refractivity (Wildman–Crippen MR) is 106 cm³/mol. The Morgan fingerprint density at radius 1 is 1.00 bits per heavy atom. The predicted octanol–water partition coefficient (Wildman–Crippen LogP) is 4.61. The van der Waals surface area contributed by atoms with E-state index in [1.165, 1.54) is 0 Å². The highest BCUT2D eigenvalue weighted by molar-refractivity contribution is 6.35. The number of benzene rings is 2. The Morgan fingerprint density at radius 3 is 2.31 bits per heavy atom. The van der Waals surface area contributed by atoms with Crippen LogP contribution in [0.15, 0.2) is 36.4 Å². The van der Waals surface area contributed by atoms with Gasteiger partial charge in [-0.05, 0) is 35.9 Å². The van der Waals surface area contributed by atoms with Gasteiger partial charge in [0.05, 0.1) is 12.7 Å². The van der Waals surface area contributed by atoms with Gasteiger partial charge < -0.3 is 9.64 Å². The molecule has 4 nitrogen and oxygen atoms in total. The fourth-order valence-corrected chi connectivity index (χ4v) is 3.66. The van der Waals surface area contributed by atoms with Crippen LogP contribution >= 0.6 is 34.8 Å². The second-order valence-corrected chi connectivity index (χ2v) is 7.43. The van der Waals surface area contributed by atoms with Gasteiger partial charge in [0.2, 0.25) is 0 Å². The smallest absolute Gasteiger partial charge is 0.257 e. The summed E-state index contributed by atoms with van der Waals surface area (Å²) < 4.78 is 5.29. The highest BCUT2D eigenvalue weighted by atomic mass is 35.5. The molecule has 138 valence electrons. The molecule has 7 heteroatoms. The summed E-state index contributed by atoms with van der Waals surface area (Å²) in [5.74, 6) is 0.475. The molecular formula is C19H19Cl3N2O2. The van der Waals surface area contributed by atoms with Crippen molar-refractivity contribution in [1.29, 1.82) is 0 Å². The van der Waals surface area contributed by atoms with Gasteiger partial charge in [0.25, 0.3) is 5.91 Å². The quantitative estimate of drug-likeness (QED) is 0.733. The van der Waals surface area contributed by atoms with E-state index in [0.717, 1.165) is 25.2 Å². The van der Waals surface area contributed by atoms with E-state index in [4.69, 9.17) is 39.5 Å². The first-order valence-corrected chi connectivity index (χ1v) is 9.40. The summed E-state index contributed by atoms with van der Waals surface area (Å²) in [7, 11) is 1.55. The lowest BCUT2D eigenvalue weighted by atomic mass is 10.1. The number of rotatable bonds is 4. The van der Waals surface area contributed by atoms with Crippen molar-refractivity contribution in [2.45, 2.75) is 6.54 Å². The number of ether oxygens (including phenoxy) is 1. The monoisotopic (exact) mass is 412 g/mol. The van der Waals surface area contributed by atoms with E-state index >= 15 is 0 Å². The lowest BCUT2D eigenvalue weighted by Crippen LogP contribution is -2.48. The zero-order chi connectivity index (χ0) is 18.7. The minimum absolute atomic E-state index is 0.0616. The Labute approximate surface area is 168 Å². The Morgan fingerprint density at radius 2 is 1.65 bits per heavy atom. The zero-order valence-corrected chi connectivity index (χ0v) is 16.6. The fraction of sp³-hybridized carbons (Fsp3) is 0.316. The number of methoxy groups -OCH3 is 1. The first-order valence-electron chi connectivity index (χ1n) is 8.27. The van der Waals surface area contributed by atoms with Gasteiger partial charge in [-0.3, -0.25) is 9.69 Å². The van der Waals surface area contributed by atoms with E-state index in [1.807, 2.05) is 17.0 Å². The molecule has 1 heterocycles. The van der Waals surface area contributed by atoms with E-state index in [1.54, 1.807) is 31.4 Å². The highest BCUT2D eigenvalue weighted by Gasteiger charge is 2.24. The van der Waals surface area contributed by atoms with Gasteiger partial charge >= 0.3 is 0 Å². The Hall–Kier alpha value is -1.46. The molecule has 0 saturated carbocycles. The molecule has 0 aromatic heterocycles. The SMILES string of the molecule is COc1ccc(Cl)cc1C(=O)N1CCN(Cc2ccc(Cl)cc2Cl)CC1. The summed E-state index contributed by atoms with van der Waals surface area (Å²) in [6, 6.07) is 10.6. The van der Waals surface area contributed by atoms with Gasteiger partial charge in [0.1, 0.15) is 5.75 Å². The van der Waals surface area contributed by atoms with Gasteiger partial charge in [-0.2, -0.15) is 0 Å². The topological polar surface area (TPSA) is 32.8 Å². The molecule has 0 aliphatic carbocycles. The van der Waals surface area contributed by atoms with Gasteiger partial charge in [-0.15, -0.1) is 0 Å². The fourth-order valence-electron chi connectivity index (χ4n) is 3.02. The van der Waals surface area contributed by atoms with Crippen molar-refractivity contribution >= 4 is 40.7 Å². The van der Waals surface area contributed by atoms with Crippen LogP contribution in [0, 0.1) is 0 Å². The van der Waals surface area contributed by atoms with Gasteiger partial charge in [0.15, 0.2) is 0 Å². The Kier molecular flexibility index (Phi) is 6.30. The summed E-state index contributed by atoms with van der Waals surface area (Å²) >= 11 is 18.2. The molecule has 3 rings (SSSR count). The van der Waals surface area contributed by atoms with E-state index in [-0.39, 0.29) is 5.91 Å². The van der Waals surface area contributed by atoms with E-state index in [2.05, 4.69) is 4.90 Å². The molecule has 0 unspecified atom stereocenters. The van der Waals surface area contributed by atoms with Crippen LogP contribution in [0.2, 0.25) is 15.1 Å². The van der Waals surface area contributed by atoms with Crippen LogP contribution in [-0.4, -0.2) is 49.0 Å². The van der Waals surface area contributed by atoms with Crippen molar-refractivity contribution in [3.05, 3.63) is 62.6 Å². The normalized spacial score (nSPS) is 15.2. The van der Waals surface area contributed by atoms with Crippen LogP contribution in [0.25, 0.3) is 0 Å². The molecule has 2 aromatic carbocycles. The molecule has 1 fully saturated rings. The second kappa shape index (κ2) is 8.49. The first kappa shape index (κ1) is 19.3. The van der Waals surface area contributed by atoms with Crippen molar-refractivity contribution in [2.75, 3.05) is 33.3 Å². The van der Waals surface area contributed by atoms with Crippen molar-refractivity contribution in [3.63, 3.8) is 0 Å². The number of carbonyl (C=O) groups excluding carboxylic acids is 1. The highest BCUT2D eigenvalue weighted by Crippen LogP contribution is 2.26. The van der Waals surface area contributed by atoms with Gasteiger partial charge in [-0.1, -0.05) is 40.9 Å². The number of hydrogen-bond acceptors (Lipinski definition) is 3. The molecule has 1 aliphatic rings. The van der Waals surface area contributed by atoms with Gasteiger partial charge in [0, 0.05) is 47.8 Å². The van der Waals surface area contributed by atoms with E-state index < -0.39 is 0 Å². The number of piperazine rings is 1. The molecule has 1 aliphatic heterocycles. The van der Waals surface area contributed by atoms with Crippen molar-refractivity contribution in [1.82, 2.24) is 9.80 Å². The molecule has 26 heavy (non-hydrogen) atoms. The van der Waals surface area contributed by atoms with Crippen LogP contribution in [0.3, 0.4) is 0 Å². The summed E-state index contributed by atoms with van der Waals surface area (Å²) in [5, 5.41) is 1.81. The molecule has 0 N–H and O–H groups in total. The summed E-state index contributed by atoms with van der Waals surface area (Å²) in [6.07, 6.45) is 0. The molecule has 1 amide bonds. The van der Waals surface area contributed by atoms with Crippen LogP contribution in [0.4, 0.5) is 0 Å². The lowest BCUT2D eigenvalue weighted by Gasteiger charge is -2.35. The maximum absolute atomic E-state index is 12.8. The van der Waals surface area contributed by atoms with E-state index in [9.17, 15) is 4.79 Å². The summed E-state index contributed by atoms with van der Waals surface area (Å²) in [6.45, 7) is 3.55. The number of hydrogen-bond donors (Lipinski definition) is 0. The van der Waals surface area contributed by atoms with Crippen molar-refractivity contribution < 1.29 is 9.53 Å². The molecule has 0 spiro atoms.